The van der Waals surface area contributed by atoms with Gasteiger partial charge in [-0.3, -0.25) is 9.59 Å². The predicted octanol–water partition coefficient (Wildman–Crippen LogP) is 1.19. The second-order valence-electron chi connectivity index (χ2n) is 7.31. The summed E-state index contributed by atoms with van der Waals surface area (Å²) in [4.78, 5) is 26.0. The van der Waals surface area contributed by atoms with Crippen molar-refractivity contribution in [3.05, 3.63) is 23.8 Å². The number of amides is 2. The molecular weight excluding hydrogens is 386 g/mol. The van der Waals surface area contributed by atoms with Gasteiger partial charge in [0.2, 0.25) is 21.8 Å². The zero-order valence-corrected chi connectivity index (χ0v) is 16.8. The molecule has 1 saturated carbocycles. The van der Waals surface area contributed by atoms with Crippen LogP contribution in [0.5, 0.6) is 0 Å². The third-order valence-corrected chi connectivity index (χ3v) is 8.37. The van der Waals surface area contributed by atoms with E-state index in [1.807, 2.05) is 0 Å². The van der Waals surface area contributed by atoms with Crippen molar-refractivity contribution in [2.24, 2.45) is 5.92 Å². The maximum atomic E-state index is 13.2. The Bertz CT molecular complexity index is 883. The van der Waals surface area contributed by atoms with Crippen LogP contribution in [0.1, 0.15) is 25.3 Å². The number of carbonyl (C=O) groups is 2. The van der Waals surface area contributed by atoms with E-state index >= 15 is 0 Å². The van der Waals surface area contributed by atoms with Crippen LogP contribution < -0.4 is 10.2 Å². The Balaban J connectivity index is 1.55. The molecule has 146 valence electrons. The summed E-state index contributed by atoms with van der Waals surface area (Å²) in [7, 11) is -3.77. The third-order valence-electron chi connectivity index (χ3n) is 5.34. The van der Waals surface area contributed by atoms with Crippen molar-refractivity contribution < 1.29 is 18.0 Å². The van der Waals surface area contributed by atoms with Crippen molar-refractivity contribution in [2.75, 3.05) is 29.6 Å². The van der Waals surface area contributed by atoms with Crippen molar-refractivity contribution in [3.8, 4) is 0 Å². The van der Waals surface area contributed by atoms with Gasteiger partial charge in [0, 0.05) is 31.5 Å². The molecule has 1 unspecified atom stereocenters. The first-order valence-electron chi connectivity index (χ1n) is 9.16. The molecule has 1 aromatic carbocycles. The van der Waals surface area contributed by atoms with Gasteiger partial charge in [0.1, 0.15) is 6.04 Å². The van der Waals surface area contributed by atoms with Gasteiger partial charge in [0.05, 0.1) is 10.8 Å². The number of rotatable bonds is 5. The summed E-state index contributed by atoms with van der Waals surface area (Å²) in [5, 5.41) is 2.90. The first kappa shape index (κ1) is 18.8. The molecule has 0 spiro atoms. The van der Waals surface area contributed by atoms with E-state index in [9.17, 15) is 18.0 Å². The van der Waals surface area contributed by atoms with E-state index in [0.717, 1.165) is 24.1 Å². The summed E-state index contributed by atoms with van der Waals surface area (Å²) in [5.74, 6) is 1.04. The monoisotopic (exact) mass is 409 g/mol. The fraction of sp³-hybridized carbons (Fsp3) is 0.556. The first-order chi connectivity index (χ1) is 12.9. The molecule has 1 N–H and O–H groups in total. The van der Waals surface area contributed by atoms with Crippen LogP contribution in [-0.2, 0) is 26.0 Å². The number of nitrogens with one attached hydrogen (secondary N) is 1. The minimum Gasteiger partial charge on any atom is -0.354 e. The zero-order valence-electron chi connectivity index (χ0n) is 15.2. The maximum Gasteiger partial charge on any atom is 0.244 e. The lowest BCUT2D eigenvalue weighted by Crippen LogP contribution is -2.47. The molecule has 9 heteroatoms. The Hall–Kier alpha value is -1.58. The van der Waals surface area contributed by atoms with Crippen molar-refractivity contribution in [2.45, 2.75) is 37.1 Å². The number of nitrogens with zero attached hydrogens (tertiary/aromatic N) is 2. The molecule has 0 aromatic heterocycles. The normalized spacial score (nSPS) is 22.7. The van der Waals surface area contributed by atoms with Crippen molar-refractivity contribution in [1.82, 2.24) is 9.62 Å². The molecule has 3 aliphatic rings. The van der Waals surface area contributed by atoms with E-state index in [4.69, 9.17) is 0 Å². The highest BCUT2D eigenvalue weighted by molar-refractivity contribution is 8.00. The molecule has 1 saturated heterocycles. The lowest BCUT2D eigenvalue weighted by atomic mass is 10.2. The quantitative estimate of drug-likeness (QED) is 0.789. The number of hydrogen-bond acceptors (Lipinski definition) is 5. The predicted molar refractivity (Wildman–Crippen MR) is 104 cm³/mol. The van der Waals surface area contributed by atoms with Crippen molar-refractivity contribution >= 4 is 39.3 Å². The fourth-order valence-electron chi connectivity index (χ4n) is 3.56. The molecule has 2 amide bonds. The van der Waals surface area contributed by atoms with E-state index in [1.54, 1.807) is 17.0 Å². The van der Waals surface area contributed by atoms with Crippen LogP contribution in [0.25, 0.3) is 0 Å². The van der Waals surface area contributed by atoms with Gasteiger partial charge in [-0.1, -0.05) is 0 Å². The average Bonchev–Trinajstić information content (AvgIpc) is 3.16. The number of thioether (sulfide) groups is 1. The van der Waals surface area contributed by atoms with Gasteiger partial charge in [-0.2, -0.15) is 4.31 Å². The molecule has 2 heterocycles. The molecule has 2 fully saturated rings. The molecule has 7 nitrogen and oxygen atoms in total. The minimum atomic E-state index is -3.77. The van der Waals surface area contributed by atoms with E-state index in [0.29, 0.717) is 31.2 Å². The third kappa shape index (κ3) is 3.60. The summed E-state index contributed by atoms with van der Waals surface area (Å²) >= 11 is 1.45. The van der Waals surface area contributed by atoms with Crippen LogP contribution in [0.15, 0.2) is 23.1 Å². The molecular formula is C18H23N3O4S2. The average molecular weight is 410 g/mol. The van der Waals surface area contributed by atoms with Gasteiger partial charge in [-0.05, 0) is 48.9 Å². The van der Waals surface area contributed by atoms with Crippen LogP contribution in [0, 0.1) is 5.92 Å². The Morgan fingerprint density at radius 1 is 1.30 bits per heavy atom. The van der Waals surface area contributed by atoms with Crippen LogP contribution >= 0.6 is 11.8 Å². The van der Waals surface area contributed by atoms with Gasteiger partial charge in [-0.15, -0.1) is 11.8 Å². The van der Waals surface area contributed by atoms with Crippen LogP contribution in [0.3, 0.4) is 0 Å². The Morgan fingerprint density at radius 3 is 2.78 bits per heavy atom. The molecule has 0 radical (unpaired) electrons. The van der Waals surface area contributed by atoms with Crippen molar-refractivity contribution in [1.29, 1.82) is 0 Å². The highest BCUT2D eigenvalue weighted by Gasteiger charge is 2.40. The van der Waals surface area contributed by atoms with Crippen LogP contribution in [0.4, 0.5) is 5.69 Å². The van der Waals surface area contributed by atoms with Gasteiger partial charge in [-0.25, -0.2) is 8.42 Å². The fourth-order valence-corrected chi connectivity index (χ4v) is 6.76. The Kier molecular flexibility index (Phi) is 4.94. The second kappa shape index (κ2) is 7.10. The largest absolute Gasteiger partial charge is 0.354 e. The molecule has 1 atom stereocenters. The zero-order chi connectivity index (χ0) is 19.2. The van der Waals surface area contributed by atoms with E-state index in [-0.39, 0.29) is 22.6 Å². The summed E-state index contributed by atoms with van der Waals surface area (Å²) in [6.07, 6.45) is 2.90. The van der Waals surface area contributed by atoms with Crippen LogP contribution in [0.2, 0.25) is 0 Å². The summed E-state index contributed by atoms with van der Waals surface area (Å²) in [5.41, 5.74) is 1.63. The molecule has 2 aliphatic heterocycles. The molecule has 4 rings (SSSR count). The van der Waals surface area contributed by atoms with Gasteiger partial charge >= 0.3 is 0 Å². The number of sulfonamides is 1. The number of hydrogen-bond donors (Lipinski definition) is 1. The number of fused-ring (bicyclic) bond motifs is 1. The number of anilines is 1. The Morgan fingerprint density at radius 2 is 2.07 bits per heavy atom. The molecule has 27 heavy (non-hydrogen) atoms. The maximum absolute atomic E-state index is 13.2. The van der Waals surface area contributed by atoms with E-state index in [1.165, 1.54) is 29.1 Å². The Labute approximate surface area is 163 Å². The summed E-state index contributed by atoms with van der Waals surface area (Å²) < 4.78 is 27.6. The molecule has 0 bridgehead atoms. The minimum absolute atomic E-state index is 0.0484. The SMILES string of the molecule is CC(=O)N1CCc2cc(S(=O)(=O)N3CSCC3C(=O)NCC3CC3)ccc21. The van der Waals surface area contributed by atoms with Crippen LogP contribution in [-0.4, -0.2) is 55.3 Å². The molecule has 1 aromatic rings. The highest BCUT2D eigenvalue weighted by Crippen LogP contribution is 2.34. The van der Waals surface area contributed by atoms with Gasteiger partial charge in [0.15, 0.2) is 0 Å². The van der Waals surface area contributed by atoms with Gasteiger partial charge in [0.25, 0.3) is 0 Å². The molecule has 1 aliphatic carbocycles. The van der Waals surface area contributed by atoms with E-state index in [2.05, 4.69) is 5.32 Å². The summed E-state index contributed by atoms with van der Waals surface area (Å²) in [6.45, 7) is 2.71. The number of carbonyl (C=O) groups excluding carboxylic acids is 2. The van der Waals surface area contributed by atoms with Crippen molar-refractivity contribution in [3.63, 3.8) is 0 Å². The second-order valence-corrected chi connectivity index (χ2v) is 10.2. The lowest BCUT2D eigenvalue weighted by molar-refractivity contribution is -0.123. The number of benzene rings is 1. The smallest absolute Gasteiger partial charge is 0.244 e. The first-order valence-corrected chi connectivity index (χ1v) is 11.8. The standard InChI is InChI=1S/C18H23N3O4S2/c1-12(22)20-7-6-14-8-15(4-5-16(14)20)27(24,25)21-11-26-10-17(21)18(23)19-9-13-2-3-13/h4-5,8,13,17H,2-3,6-7,9-11H2,1H3,(H,19,23). The summed E-state index contributed by atoms with van der Waals surface area (Å²) in [6, 6.07) is 4.22. The highest BCUT2D eigenvalue weighted by atomic mass is 32.2. The topological polar surface area (TPSA) is 86.8 Å². The lowest BCUT2D eigenvalue weighted by Gasteiger charge is -2.23. The van der Waals surface area contributed by atoms with Gasteiger partial charge < -0.3 is 10.2 Å². The van der Waals surface area contributed by atoms with E-state index < -0.39 is 16.1 Å².